The zero-order chi connectivity index (χ0) is 28.6. The maximum absolute atomic E-state index is 13.7. The van der Waals surface area contributed by atoms with Crippen LogP contribution >= 0.6 is 11.3 Å². The number of anilines is 1. The number of ether oxygens (including phenoxy) is 2. The highest BCUT2D eigenvalue weighted by molar-refractivity contribution is 7.21. The first kappa shape index (κ1) is 27.7. The lowest BCUT2D eigenvalue weighted by molar-refractivity contribution is 0.0518. The lowest BCUT2D eigenvalue weighted by atomic mass is 9.98. The van der Waals surface area contributed by atoms with Crippen molar-refractivity contribution < 1.29 is 14.3 Å². The van der Waals surface area contributed by atoms with Crippen molar-refractivity contribution in [1.82, 2.24) is 4.40 Å². The quantitative estimate of drug-likeness (QED) is 0.158. The summed E-state index contributed by atoms with van der Waals surface area (Å²) in [5, 5.41) is 2.25. The Bertz CT molecular complexity index is 1790. The van der Waals surface area contributed by atoms with E-state index in [1.54, 1.807) is 13.2 Å². The van der Waals surface area contributed by atoms with Crippen LogP contribution in [0.1, 0.15) is 27.2 Å². The number of benzene rings is 3. The largest absolute Gasteiger partial charge is 0.496 e. The van der Waals surface area contributed by atoms with Crippen molar-refractivity contribution in [3.8, 4) is 16.2 Å². The number of nitrogen functional groups attached to an aromatic ring is 1. The molecule has 0 bridgehead atoms. The van der Waals surface area contributed by atoms with Crippen LogP contribution in [0, 0.1) is 6.92 Å². The number of aryl methyl sites for hydroxylation is 1. The van der Waals surface area contributed by atoms with Gasteiger partial charge in [-0.3, -0.25) is 9.20 Å². The van der Waals surface area contributed by atoms with Crippen molar-refractivity contribution in [1.29, 1.82) is 0 Å². The Kier molecular flexibility index (Phi) is 7.57. The van der Waals surface area contributed by atoms with Crippen molar-refractivity contribution in [3.63, 3.8) is 0 Å². The van der Waals surface area contributed by atoms with Crippen LogP contribution in [0.25, 0.3) is 26.0 Å². The average molecular weight is 571 g/mol. The Labute approximate surface area is 239 Å². The van der Waals surface area contributed by atoms with Crippen LogP contribution in [-0.4, -0.2) is 32.2 Å². The van der Waals surface area contributed by atoms with Crippen LogP contribution < -0.4 is 16.0 Å². The Morgan fingerprint density at radius 3 is 2.48 bits per heavy atom. The summed E-state index contributed by atoms with van der Waals surface area (Å²) in [5.41, 5.74) is 10.7. The van der Waals surface area contributed by atoms with Gasteiger partial charge in [-0.1, -0.05) is 62.1 Å². The molecule has 40 heavy (non-hydrogen) atoms. The van der Waals surface area contributed by atoms with E-state index in [9.17, 15) is 9.59 Å². The van der Waals surface area contributed by atoms with Gasteiger partial charge < -0.3 is 15.2 Å². The molecule has 0 saturated heterocycles. The molecule has 0 spiro atoms. The monoisotopic (exact) mass is 570 g/mol. The number of thiazole rings is 1. The van der Waals surface area contributed by atoms with Crippen LogP contribution in [0.2, 0.25) is 25.7 Å². The molecule has 2 heterocycles. The van der Waals surface area contributed by atoms with E-state index >= 15 is 0 Å². The molecule has 0 fully saturated rings. The van der Waals surface area contributed by atoms with Crippen molar-refractivity contribution >= 4 is 46.7 Å². The first-order chi connectivity index (χ1) is 19.1. The van der Waals surface area contributed by atoms with E-state index in [1.807, 2.05) is 43.3 Å². The molecule has 3 aromatic carbocycles. The fourth-order valence-corrected chi connectivity index (χ4v) is 6.86. The minimum atomic E-state index is -1.42. The van der Waals surface area contributed by atoms with Crippen LogP contribution in [0.5, 0.6) is 5.75 Å². The van der Waals surface area contributed by atoms with Gasteiger partial charge in [-0.2, -0.15) is 0 Å². The van der Waals surface area contributed by atoms with Gasteiger partial charge in [0.25, 0.3) is 5.56 Å². The van der Waals surface area contributed by atoms with E-state index in [-0.39, 0.29) is 11.3 Å². The number of rotatable bonds is 8. The average Bonchev–Trinajstić information content (AvgIpc) is 3.33. The van der Waals surface area contributed by atoms with Gasteiger partial charge in [0.2, 0.25) is 0 Å². The summed E-state index contributed by atoms with van der Waals surface area (Å²) < 4.78 is 12.6. The molecular formula is C32H34N2O4SSi. The lowest BCUT2D eigenvalue weighted by Crippen LogP contribution is -2.24. The number of carbonyl (C=O) groups is 1. The highest BCUT2D eigenvalue weighted by Gasteiger charge is 2.26. The zero-order valence-corrected chi connectivity index (χ0v) is 25.4. The van der Waals surface area contributed by atoms with Crippen LogP contribution in [0.15, 0.2) is 71.5 Å². The maximum Gasteiger partial charge on any atom is 0.356 e. The van der Waals surface area contributed by atoms with Gasteiger partial charge in [-0.25, -0.2) is 4.79 Å². The fraction of sp³-hybridized carbons (Fsp3) is 0.250. The van der Waals surface area contributed by atoms with Gasteiger partial charge in [0.15, 0.2) is 5.69 Å². The molecule has 0 aliphatic rings. The number of hydrogen-bond donors (Lipinski definition) is 1. The number of aromatic nitrogens is 1. The van der Waals surface area contributed by atoms with Crippen molar-refractivity contribution in [2.75, 3.05) is 19.5 Å². The van der Waals surface area contributed by atoms with E-state index in [2.05, 4.69) is 43.9 Å². The zero-order valence-electron chi connectivity index (χ0n) is 23.5. The van der Waals surface area contributed by atoms with E-state index in [1.165, 1.54) is 15.7 Å². The molecule has 0 radical (unpaired) electrons. The van der Waals surface area contributed by atoms with E-state index in [0.29, 0.717) is 28.4 Å². The minimum absolute atomic E-state index is 0.216. The second-order valence-corrected chi connectivity index (χ2v) is 17.9. The Morgan fingerprint density at radius 2 is 1.75 bits per heavy atom. The summed E-state index contributed by atoms with van der Waals surface area (Å²) >= 11 is 1.34. The summed E-state index contributed by atoms with van der Waals surface area (Å²) in [4.78, 5) is 28.4. The van der Waals surface area contributed by atoms with E-state index < -0.39 is 14.0 Å². The molecule has 0 amide bonds. The predicted molar refractivity (Wildman–Crippen MR) is 168 cm³/mol. The van der Waals surface area contributed by atoms with Gasteiger partial charge in [-0.05, 0) is 64.2 Å². The molecular weight excluding hydrogens is 537 g/mol. The molecule has 0 aliphatic heterocycles. The summed E-state index contributed by atoms with van der Waals surface area (Å²) in [6.07, 6.45) is 0.504. The number of methoxy groups -OCH3 is 1. The molecule has 0 unspecified atom stereocenters. The lowest BCUT2D eigenvalue weighted by Gasteiger charge is -2.15. The molecule has 0 atom stereocenters. The van der Waals surface area contributed by atoms with Crippen molar-refractivity contribution in [3.05, 3.63) is 99.5 Å². The molecule has 0 aliphatic carbocycles. The smallest absolute Gasteiger partial charge is 0.356 e. The number of nitrogens with zero attached hydrogens (tertiary/aromatic N) is 1. The molecule has 2 N–H and O–H groups in total. The van der Waals surface area contributed by atoms with Gasteiger partial charge >= 0.3 is 5.97 Å². The minimum Gasteiger partial charge on any atom is -0.496 e. The number of pyridine rings is 1. The Balaban J connectivity index is 1.65. The van der Waals surface area contributed by atoms with E-state index in [0.717, 1.165) is 44.8 Å². The summed E-state index contributed by atoms with van der Waals surface area (Å²) in [5.74, 6) is 0.231. The normalized spacial score (nSPS) is 11.7. The van der Waals surface area contributed by atoms with Crippen LogP contribution in [0.4, 0.5) is 5.69 Å². The highest BCUT2D eigenvalue weighted by Crippen LogP contribution is 2.38. The molecule has 6 nitrogen and oxygen atoms in total. The second-order valence-electron chi connectivity index (χ2n) is 11.3. The van der Waals surface area contributed by atoms with Gasteiger partial charge in [0.05, 0.1) is 24.3 Å². The summed E-state index contributed by atoms with van der Waals surface area (Å²) in [6, 6.07) is 22.4. The maximum atomic E-state index is 13.7. The van der Waals surface area contributed by atoms with Gasteiger partial charge in [-0.15, -0.1) is 11.3 Å². The Morgan fingerprint density at radius 1 is 1.00 bits per heavy atom. The van der Waals surface area contributed by atoms with Gasteiger partial charge in [0, 0.05) is 20.6 Å². The molecule has 206 valence electrons. The highest BCUT2D eigenvalue weighted by atomic mass is 32.1. The predicted octanol–water partition coefficient (Wildman–Crippen LogP) is 7.17. The molecule has 5 aromatic rings. The van der Waals surface area contributed by atoms with E-state index in [4.69, 9.17) is 15.2 Å². The standard InChI is InChI=1S/C32H34N2O4SSi/c1-20-17-23(13-14-26(20)37-2)30-29(32(36)38-15-16-40(3,4)5)34-27(35)19-24(28(33)31(34)39-30)18-22-11-8-10-21-9-6-7-12-25(21)22/h6-14,17,19H,15-16,18,33H2,1-5H3. The molecule has 5 rings (SSSR count). The number of esters is 1. The van der Waals surface area contributed by atoms with Crippen molar-refractivity contribution in [2.24, 2.45) is 0 Å². The Hall–Kier alpha value is -3.88. The topological polar surface area (TPSA) is 83.0 Å². The van der Waals surface area contributed by atoms with Crippen LogP contribution in [-0.2, 0) is 11.2 Å². The fourth-order valence-electron chi connectivity index (χ4n) is 4.92. The third-order valence-corrected chi connectivity index (χ3v) is 10.1. The van der Waals surface area contributed by atoms with Crippen molar-refractivity contribution in [2.45, 2.75) is 39.0 Å². The first-order valence-corrected chi connectivity index (χ1v) is 17.9. The summed E-state index contributed by atoms with van der Waals surface area (Å²) in [7, 11) is 0.206. The first-order valence-electron chi connectivity index (χ1n) is 13.3. The molecule has 0 saturated carbocycles. The third-order valence-electron chi connectivity index (χ3n) is 7.13. The number of hydrogen-bond acceptors (Lipinski definition) is 6. The third kappa shape index (κ3) is 5.42. The number of carbonyl (C=O) groups excluding carboxylic acids is 1. The number of fused-ring (bicyclic) bond motifs is 2. The molecule has 2 aromatic heterocycles. The second kappa shape index (κ2) is 10.9. The summed E-state index contributed by atoms with van der Waals surface area (Å²) in [6.45, 7) is 8.96. The van der Waals surface area contributed by atoms with Gasteiger partial charge in [0.1, 0.15) is 10.6 Å². The molecule has 8 heteroatoms. The van der Waals surface area contributed by atoms with Crippen LogP contribution in [0.3, 0.4) is 0 Å². The SMILES string of the molecule is COc1ccc(-c2sc3c(N)c(Cc4cccc5ccccc45)cc(=O)n3c2C(=O)OCC[Si](C)(C)C)cc1C. The number of nitrogens with two attached hydrogens (primary N) is 1.